The van der Waals surface area contributed by atoms with Gasteiger partial charge in [0, 0.05) is 10.0 Å². The van der Waals surface area contributed by atoms with Gasteiger partial charge in [-0.15, -0.1) is 0 Å². The Balaban J connectivity index is 1.78. The minimum absolute atomic E-state index is 0.136. The number of hydrogen-bond donors (Lipinski definition) is 1. The minimum atomic E-state index is -0.232. The Kier molecular flexibility index (Phi) is 5.18. The summed E-state index contributed by atoms with van der Waals surface area (Å²) in [5.74, 6) is 1.18. The van der Waals surface area contributed by atoms with Gasteiger partial charge < -0.3 is 9.84 Å². The Morgan fingerprint density at radius 3 is 2.24 bits per heavy atom. The van der Waals surface area contributed by atoms with Crippen molar-refractivity contribution in [3.63, 3.8) is 0 Å². The highest BCUT2D eigenvalue weighted by Crippen LogP contribution is 2.29. The molecule has 1 aliphatic heterocycles. The predicted octanol–water partition coefficient (Wildman–Crippen LogP) is 5.00. The largest absolute Gasteiger partial charge is 0.508 e. The molecule has 3 aromatic carbocycles. The quantitative estimate of drug-likeness (QED) is 0.571. The molecule has 144 valence electrons. The lowest BCUT2D eigenvalue weighted by Crippen LogP contribution is -2.32. The highest BCUT2D eigenvalue weighted by atomic mass is 79.9. The van der Waals surface area contributed by atoms with Crippen molar-refractivity contribution in [2.24, 2.45) is 4.99 Å². The summed E-state index contributed by atoms with van der Waals surface area (Å²) in [6.07, 6.45) is 1.75. The van der Waals surface area contributed by atoms with E-state index in [1.54, 1.807) is 42.4 Å². The van der Waals surface area contributed by atoms with E-state index >= 15 is 0 Å². The van der Waals surface area contributed by atoms with Crippen molar-refractivity contribution in [1.82, 2.24) is 0 Å². The zero-order valence-electron chi connectivity index (χ0n) is 15.5. The number of carbonyl (C=O) groups excluding carboxylic acids is 1. The monoisotopic (exact) mass is 448 g/mol. The van der Waals surface area contributed by atoms with Gasteiger partial charge in [-0.2, -0.15) is 0 Å². The Morgan fingerprint density at radius 1 is 0.966 bits per heavy atom. The normalized spacial score (nSPS) is 15.0. The SMILES string of the molecule is COc1ccc(/C=C2/N=C(c3ccc(Br)cc3)N(c3ccc(O)cc3)C2=O)cc1. The number of benzene rings is 3. The molecule has 0 unspecified atom stereocenters. The third-order valence-corrected chi connectivity index (χ3v) is 5.02. The summed E-state index contributed by atoms with van der Waals surface area (Å²) >= 11 is 3.43. The number of phenols is 1. The molecule has 0 atom stereocenters. The van der Waals surface area contributed by atoms with Crippen LogP contribution < -0.4 is 9.64 Å². The van der Waals surface area contributed by atoms with Crippen LogP contribution in [-0.2, 0) is 4.79 Å². The van der Waals surface area contributed by atoms with Crippen LogP contribution in [0.2, 0.25) is 0 Å². The number of amides is 1. The van der Waals surface area contributed by atoms with Crippen molar-refractivity contribution in [2.45, 2.75) is 0 Å². The second-order valence-electron chi connectivity index (χ2n) is 6.40. The van der Waals surface area contributed by atoms with Crippen LogP contribution in [-0.4, -0.2) is 24.0 Å². The van der Waals surface area contributed by atoms with Gasteiger partial charge >= 0.3 is 0 Å². The Morgan fingerprint density at radius 2 is 1.62 bits per heavy atom. The Labute approximate surface area is 176 Å². The van der Waals surface area contributed by atoms with Gasteiger partial charge in [0.05, 0.1) is 12.8 Å². The molecule has 0 bridgehead atoms. The van der Waals surface area contributed by atoms with E-state index in [0.29, 0.717) is 17.2 Å². The van der Waals surface area contributed by atoms with E-state index in [1.165, 1.54) is 0 Å². The molecular formula is C23H17BrN2O3. The number of hydrogen-bond acceptors (Lipinski definition) is 4. The first-order valence-electron chi connectivity index (χ1n) is 8.89. The first-order valence-corrected chi connectivity index (χ1v) is 9.68. The number of anilines is 1. The van der Waals surface area contributed by atoms with Crippen molar-refractivity contribution in [3.05, 3.63) is 94.1 Å². The van der Waals surface area contributed by atoms with E-state index in [1.807, 2.05) is 48.5 Å². The Hall–Kier alpha value is -3.38. The third kappa shape index (κ3) is 3.93. The van der Waals surface area contributed by atoms with Crippen LogP contribution in [0, 0.1) is 0 Å². The van der Waals surface area contributed by atoms with Crippen LogP contribution in [0.4, 0.5) is 5.69 Å². The lowest BCUT2D eigenvalue weighted by atomic mass is 10.1. The smallest absolute Gasteiger partial charge is 0.282 e. The summed E-state index contributed by atoms with van der Waals surface area (Å²) in [4.78, 5) is 19.4. The molecule has 0 saturated heterocycles. The molecule has 1 heterocycles. The average molecular weight is 449 g/mol. The molecule has 0 saturated carbocycles. The standard InChI is InChI=1S/C23H17BrN2O3/c1-29-20-12-2-15(3-13-20)14-21-23(28)26(18-8-10-19(27)11-9-18)22(25-21)16-4-6-17(24)7-5-16/h2-14,27H,1H3/b21-14+. The van der Waals surface area contributed by atoms with E-state index in [4.69, 9.17) is 4.74 Å². The molecule has 4 rings (SSSR count). The number of nitrogens with zero attached hydrogens (tertiary/aromatic N) is 2. The van der Waals surface area contributed by atoms with Gasteiger partial charge in [-0.25, -0.2) is 4.99 Å². The number of carbonyl (C=O) groups is 1. The van der Waals surface area contributed by atoms with Crippen molar-refractivity contribution < 1.29 is 14.6 Å². The van der Waals surface area contributed by atoms with Crippen LogP contribution in [0.25, 0.3) is 6.08 Å². The number of halogens is 1. The molecule has 29 heavy (non-hydrogen) atoms. The minimum Gasteiger partial charge on any atom is -0.508 e. The summed E-state index contributed by atoms with van der Waals surface area (Å²) in [7, 11) is 1.61. The number of rotatable bonds is 4. The summed E-state index contributed by atoms with van der Waals surface area (Å²) in [5, 5.41) is 9.61. The van der Waals surface area contributed by atoms with Crippen molar-refractivity contribution in [1.29, 1.82) is 0 Å². The highest BCUT2D eigenvalue weighted by molar-refractivity contribution is 9.10. The number of aromatic hydroxyl groups is 1. The molecule has 6 heteroatoms. The molecule has 1 N–H and O–H groups in total. The molecule has 0 spiro atoms. The highest BCUT2D eigenvalue weighted by Gasteiger charge is 2.32. The second-order valence-corrected chi connectivity index (χ2v) is 7.32. The fourth-order valence-corrected chi connectivity index (χ4v) is 3.27. The van der Waals surface area contributed by atoms with Crippen molar-refractivity contribution >= 4 is 39.4 Å². The number of ether oxygens (including phenoxy) is 1. The number of aliphatic imine (C=N–C) groups is 1. The van der Waals surface area contributed by atoms with Gasteiger partial charge in [-0.3, -0.25) is 9.69 Å². The summed E-state index contributed by atoms with van der Waals surface area (Å²) in [6.45, 7) is 0. The lowest BCUT2D eigenvalue weighted by molar-refractivity contribution is -0.113. The molecule has 0 aliphatic carbocycles. The van der Waals surface area contributed by atoms with E-state index in [-0.39, 0.29) is 11.7 Å². The van der Waals surface area contributed by atoms with E-state index < -0.39 is 0 Å². The van der Waals surface area contributed by atoms with Crippen molar-refractivity contribution in [2.75, 3.05) is 12.0 Å². The zero-order valence-corrected chi connectivity index (χ0v) is 17.1. The van der Waals surface area contributed by atoms with Crippen LogP contribution in [0.15, 0.2) is 88.0 Å². The molecule has 1 aliphatic rings. The van der Waals surface area contributed by atoms with Gasteiger partial charge in [0.15, 0.2) is 0 Å². The second kappa shape index (κ2) is 7.93. The fourth-order valence-electron chi connectivity index (χ4n) is 3.01. The number of phenolic OH excluding ortho intramolecular Hbond substituents is 1. The van der Waals surface area contributed by atoms with Gasteiger partial charge in [0.1, 0.15) is 23.0 Å². The van der Waals surface area contributed by atoms with E-state index in [2.05, 4.69) is 20.9 Å². The van der Waals surface area contributed by atoms with Gasteiger partial charge in [0.2, 0.25) is 0 Å². The lowest BCUT2D eigenvalue weighted by Gasteiger charge is -2.18. The summed E-state index contributed by atoms with van der Waals surface area (Å²) in [6, 6.07) is 21.5. The number of methoxy groups -OCH3 is 1. The molecule has 0 aromatic heterocycles. The number of amidine groups is 1. The fraction of sp³-hybridized carbons (Fsp3) is 0.0435. The van der Waals surface area contributed by atoms with Gasteiger partial charge in [0.25, 0.3) is 5.91 Å². The van der Waals surface area contributed by atoms with Crippen molar-refractivity contribution in [3.8, 4) is 11.5 Å². The molecular weight excluding hydrogens is 432 g/mol. The molecule has 0 radical (unpaired) electrons. The molecule has 1 amide bonds. The predicted molar refractivity (Wildman–Crippen MR) is 117 cm³/mol. The molecule has 3 aromatic rings. The van der Waals surface area contributed by atoms with Crippen LogP contribution >= 0.6 is 15.9 Å². The zero-order chi connectivity index (χ0) is 20.4. The molecule has 5 nitrogen and oxygen atoms in total. The van der Waals surface area contributed by atoms with Crippen LogP contribution in [0.3, 0.4) is 0 Å². The average Bonchev–Trinajstić information content (AvgIpc) is 3.06. The van der Waals surface area contributed by atoms with E-state index in [0.717, 1.165) is 21.3 Å². The topological polar surface area (TPSA) is 62.1 Å². The van der Waals surface area contributed by atoms with Crippen LogP contribution in [0.5, 0.6) is 11.5 Å². The first-order chi connectivity index (χ1) is 14.0. The van der Waals surface area contributed by atoms with Gasteiger partial charge in [-0.1, -0.05) is 40.2 Å². The van der Waals surface area contributed by atoms with E-state index in [9.17, 15) is 9.90 Å². The maximum absolute atomic E-state index is 13.2. The maximum Gasteiger partial charge on any atom is 0.282 e. The van der Waals surface area contributed by atoms with Crippen LogP contribution in [0.1, 0.15) is 11.1 Å². The summed E-state index contributed by atoms with van der Waals surface area (Å²) in [5.41, 5.74) is 2.63. The summed E-state index contributed by atoms with van der Waals surface area (Å²) < 4.78 is 6.12. The molecule has 0 fully saturated rings. The Bertz CT molecular complexity index is 1100. The first kappa shape index (κ1) is 19.0. The third-order valence-electron chi connectivity index (χ3n) is 4.49. The maximum atomic E-state index is 13.2. The van der Waals surface area contributed by atoms with Gasteiger partial charge in [-0.05, 0) is 60.2 Å².